The topological polar surface area (TPSA) is 70.5 Å². The van der Waals surface area contributed by atoms with Gasteiger partial charge in [-0.1, -0.05) is 6.07 Å². The normalized spacial score (nSPS) is 17.7. The molecule has 0 saturated carbocycles. The molecule has 8 heteroatoms. The van der Waals surface area contributed by atoms with E-state index in [4.69, 9.17) is 4.74 Å². The molecule has 1 unspecified atom stereocenters. The molecule has 7 nitrogen and oxygen atoms in total. The van der Waals surface area contributed by atoms with Gasteiger partial charge in [0.2, 0.25) is 0 Å². The van der Waals surface area contributed by atoms with Gasteiger partial charge in [0.15, 0.2) is 17.3 Å². The summed E-state index contributed by atoms with van der Waals surface area (Å²) in [5, 5.41) is 8.99. The summed E-state index contributed by atoms with van der Waals surface area (Å²) in [6, 6.07) is 11.6. The summed E-state index contributed by atoms with van der Waals surface area (Å²) >= 11 is 0. The van der Waals surface area contributed by atoms with Crippen LogP contribution in [-0.2, 0) is 4.74 Å². The second kappa shape index (κ2) is 6.24. The Bertz CT molecular complexity index is 1120. The maximum Gasteiger partial charge on any atom is 0.257 e. The van der Waals surface area contributed by atoms with Gasteiger partial charge in [-0.3, -0.25) is 0 Å². The molecule has 138 valence electrons. The number of morpholine rings is 1. The summed E-state index contributed by atoms with van der Waals surface area (Å²) in [5.41, 5.74) is 2.42. The third-order valence-electron chi connectivity index (χ3n) is 4.78. The highest BCUT2D eigenvalue weighted by Crippen LogP contribution is 2.25. The number of aromatic nitrogens is 4. The van der Waals surface area contributed by atoms with E-state index in [9.17, 15) is 4.39 Å². The van der Waals surface area contributed by atoms with Crippen LogP contribution in [0.25, 0.3) is 16.6 Å². The predicted molar refractivity (Wildman–Crippen MR) is 102 cm³/mol. The van der Waals surface area contributed by atoms with Crippen LogP contribution in [0, 0.1) is 5.95 Å². The number of benzene rings is 1. The van der Waals surface area contributed by atoms with Gasteiger partial charge in [-0.2, -0.15) is 13.9 Å². The van der Waals surface area contributed by atoms with Gasteiger partial charge in [0, 0.05) is 30.5 Å². The molecule has 2 N–H and O–H groups in total. The highest BCUT2D eigenvalue weighted by Gasteiger charge is 2.24. The van der Waals surface area contributed by atoms with Crippen LogP contribution < -0.4 is 10.2 Å². The smallest absolute Gasteiger partial charge is 0.257 e. The Kier molecular flexibility index (Phi) is 3.71. The molecule has 0 amide bonds. The number of hydrogen-bond donors (Lipinski definition) is 2. The summed E-state index contributed by atoms with van der Waals surface area (Å²) in [6.07, 6.45) is 1.94. The Labute approximate surface area is 154 Å². The average Bonchev–Trinajstić information content (AvgIpc) is 3.24. The number of nitrogens with one attached hydrogen (secondary N) is 2. The van der Waals surface area contributed by atoms with E-state index >= 15 is 0 Å². The van der Waals surface area contributed by atoms with Crippen molar-refractivity contribution in [2.75, 3.05) is 29.9 Å². The Balaban J connectivity index is 1.51. The second-order valence-corrected chi connectivity index (χ2v) is 6.75. The average molecular weight is 366 g/mol. The lowest BCUT2D eigenvalue weighted by Crippen LogP contribution is -2.42. The molecule has 1 aromatic carbocycles. The zero-order valence-electron chi connectivity index (χ0n) is 14.8. The first-order valence-corrected chi connectivity index (χ1v) is 8.93. The molecule has 5 rings (SSSR count). The fourth-order valence-electron chi connectivity index (χ4n) is 3.51. The van der Waals surface area contributed by atoms with Gasteiger partial charge in [0.1, 0.15) is 0 Å². The molecular formula is C19H19FN6O. The summed E-state index contributed by atoms with van der Waals surface area (Å²) in [5.74, 6) is 0.485. The number of H-pyrrole nitrogens is 1. The number of aromatic amines is 1. The lowest BCUT2D eigenvalue weighted by molar-refractivity contribution is 0.0526. The Morgan fingerprint density at radius 3 is 3.07 bits per heavy atom. The van der Waals surface area contributed by atoms with Crippen molar-refractivity contribution in [1.29, 1.82) is 0 Å². The fourth-order valence-corrected chi connectivity index (χ4v) is 3.51. The van der Waals surface area contributed by atoms with Crippen LogP contribution in [-0.4, -0.2) is 45.4 Å². The summed E-state index contributed by atoms with van der Waals surface area (Å²) in [4.78, 5) is 9.14. The standard InChI is InChI=1S/C19H19FN6O/c1-12-11-25(8-9-27-12)19-18(20)23-17-5-4-16(24-26(17)19)22-14-3-2-13-6-7-21-15(13)10-14/h2-7,10,12,21H,8-9,11H2,1H3,(H,22,24). The molecule has 3 aromatic heterocycles. The lowest BCUT2D eigenvalue weighted by atomic mass is 10.2. The van der Waals surface area contributed by atoms with Crippen molar-refractivity contribution < 1.29 is 9.13 Å². The maximum absolute atomic E-state index is 14.5. The number of rotatable bonds is 3. The second-order valence-electron chi connectivity index (χ2n) is 6.75. The summed E-state index contributed by atoms with van der Waals surface area (Å²) in [7, 11) is 0. The van der Waals surface area contributed by atoms with E-state index in [1.165, 1.54) is 0 Å². The molecule has 4 heterocycles. The van der Waals surface area contributed by atoms with Gasteiger partial charge in [0.05, 0.1) is 12.7 Å². The highest BCUT2D eigenvalue weighted by atomic mass is 19.1. The maximum atomic E-state index is 14.5. The van der Waals surface area contributed by atoms with Crippen LogP contribution in [0.2, 0.25) is 0 Å². The number of hydrogen-bond acceptors (Lipinski definition) is 5. The lowest BCUT2D eigenvalue weighted by Gasteiger charge is -2.31. The van der Waals surface area contributed by atoms with Crippen molar-refractivity contribution in [2.24, 2.45) is 0 Å². The van der Waals surface area contributed by atoms with Gasteiger partial charge in [-0.05, 0) is 42.6 Å². The molecule has 0 spiro atoms. The van der Waals surface area contributed by atoms with Crippen molar-refractivity contribution in [3.63, 3.8) is 0 Å². The Morgan fingerprint density at radius 2 is 2.19 bits per heavy atom. The zero-order chi connectivity index (χ0) is 18.4. The molecule has 1 fully saturated rings. The van der Waals surface area contributed by atoms with Crippen LogP contribution in [0.3, 0.4) is 0 Å². The van der Waals surface area contributed by atoms with E-state index in [1.807, 2.05) is 42.3 Å². The third-order valence-corrected chi connectivity index (χ3v) is 4.78. The van der Waals surface area contributed by atoms with Crippen molar-refractivity contribution in [3.05, 3.63) is 48.5 Å². The number of ether oxygens (including phenoxy) is 1. The summed E-state index contributed by atoms with van der Waals surface area (Å²) in [6.45, 7) is 3.75. The van der Waals surface area contributed by atoms with Gasteiger partial charge >= 0.3 is 0 Å². The first-order valence-electron chi connectivity index (χ1n) is 8.93. The molecule has 4 aromatic rings. The largest absolute Gasteiger partial charge is 0.375 e. The minimum atomic E-state index is -0.512. The van der Waals surface area contributed by atoms with Crippen LogP contribution in [0.5, 0.6) is 0 Å². The van der Waals surface area contributed by atoms with Gasteiger partial charge < -0.3 is 19.9 Å². The molecule has 1 aliphatic heterocycles. The minimum Gasteiger partial charge on any atom is -0.375 e. The molecule has 0 aliphatic carbocycles. The van der Waals surface area contributed by atoms with E-state index in [-0.39, 0.29) is 6.10 Å². The number of imidazole rings is 1. The number of halogens is 1. The van der Waals surface area contributed by atoms with Crippen LogP contribution in [0.4, 0.5) is 21.7 Å². The minimum absolute atomic E-state index is 0.0394. The van der Waals surface area contributed by atoms with Gasteiger partial charge in [-0.15, -0.1) is 5.10 Å². The number of nitrogens with zero attached hydrogens (tertiary/aromatic N) is 4. The third kappa shape index (κ3) is 2.87. The quantitative estimate of drug-likeness (QED) is 0.582. The van der Waals surface area contributed by atoms with E-state index in [0.717, 1.165) is 16.6 Å². The van der Waals surface area contributed by atoms with E-state index in [2.05, 4.69) is 20.4 Å². The highest BCUT2D eigenvalue weighted by molar-refractivity contribution is 5.83. The molecule has 1 saturated heterocycles. The zero-order valence-corrected chi connectivity index (χ0v) is 14.8. The van der Waals surface area contributed by atoms with Gasteiger partial charge in [0.25, 0.3) is 5.95 Å². The van der Waals surface area contributed by atoms with Crippen molar-refractivity contribution >= 4 is 33.9 Å². The Morgan fingerprint density at radius 1 is 1.26 bits per heavy atom. The monoisotopic (exact) mass is 366 g/mol. The van der Waals surface area contributed by atoms with Crippen molar-refractivity contribution in [2.45, 2.75) is 13.0 Å². The molecule has 0 radical (unpaired) electrons. The van der Waals surface area contributed by atoms with Crippen LogP contribution in [0.1, 0.15) is 6.92 Å². The SMILES string of the molecule is CC1CN(c2c(F)nc3ccc(Nc4ccc5cc[nH]c5c4)nn23)CCO1. The van der Waals surface area contributed by atoms with Crippen molar-refractivity contribution in [3.8, 4) is 0 Å². The van der Waals surface area contributed by atoms with Crippen LogP contribution in [0.15, 0.2) is 42.6 Å². The molecule has 0 bridgehead atoms. The first-order chi connectivity index (χ1) is 13.2. The van der Waals surface area contributed by atoms with Crippen LogP contribution >= 0.6 is 0 Å². The predicted octanol–water partition coefficient (Wildman–Crippen LogP) is 3.32. The molecule has 1 aliphatic rings. The van der Waals surface area contributed by atoms with Crippen molar-refractivity contribution in [1.82, 2.24) is 19.6 Å². The van der Waals surface area contributed by atoms with E-state index < -0.39 is 5.95 Å². The first kappa shape index (κ1) is 16.1. The van der Waals surface area contributed by atoms with Gasteiger partial charge in [-0.25, -0.2) is 0 Å². The molecule has 27 heavy (non-hydrogen) atoms. The summed E-state index contributed by atoms with van der Waals surface area (Å²) < 4.78 is 21.7. The van der Waals surface area contributed by atoms with E-state index in [1.54, 1.807) is 16.6 Å². The molecular weight excluding hydrogens is 347 g/mol. The molecule has 1 atom stereocenters. The number of fused-ring (bicyclic) bond motifs is 2. The Hall–Kier alpha value is -3.13. The number of anilines is 3. The fraction of sp³-hybridized carbons (Fsp3) is 0.263. The van der Waals surface area contributed by atoms with E-state index in [0.29, 0.717) is 37.0 Å².